The second-order valence-corrected chi connectivity index (χ2v) is 9.95. The van der Waals surface area contributed by atoms with Crippen LogP contribution in [-0.4, -0.2) is 44.2 Å². The van der Waals surface area contributed by atoms with Crippen molar-refractivity contribution in [3.8, 4) is 5.75 Å². The van der Waals surface area contributed by atoms with Crippen LogP contribution in [0, 0.1) is 12.1 Å². The van der Waals surface area contributed by atoms with Gasteiger partial charge in [0.25, 0.3) is 11.5 Å². The molecule has 5 rings (SSSR count). The van der Waals surface area contributed by atoms with Gasteiger partial charge in [-0.15, -0.1) is 11.8 Å². The van der Waals surface area contributed by atoms with Crippen molar-refractivity contribution in [1.82, 2.24) is 14.5 Å². The highest BCUT2D eigenvalue weighted by Crippen LogP contribution is 2.48. The summed E-state index contributed by atoms with van der Waals surface area (Å²) in [6.45, 7) is 0.288. The maximum Gasteiger partial charge on any atom is 0.408 e. The van der Waals surface area contributed by atoms with E-state index in [-0.39, 0.29) is 0 Å². The van der Waals surface area contributed by atoms with Gasteiger partial charge in [0, 0.05) is 34.7 Å². The van der Waals surface area contributed by atoms with Gasteiger partial charge in [-0.2, -0.15) is 13.2 Å². The first-order chi connectivity index (χ1) is 17.0. The van der Waals surface area contributed by atoms with Crippen LogP contribution in [0.3, 0.4) is 0 Å². The molecular weight excluding hydrogens is 519 g/mol. The van der Waals surface area contributed by atoms with Crippen LogP contribution < -0.4 is 11.2 Å². The average molecular weight is 536 g/mol. The van der Waals surface area contributed by atoms with Crippen LogP contribution in [0.2, 0.25) is 5.02 Å². The number of rotatable bonds is 2. The minimum absolute atomic E-state index is 0.373. The second kappa shape index (κ2) is 8.64. The largest absolute Gasteiger partial charge is 0.501 e. The predicted octanol–water partition coefficient (Wildman–Crippen LogP) is 3.88. The normalized spacial score (nSPS) is 20.0. The zero-order valence-corrected chi connectivity index (χ0v) is 20.1. The standard InChI is InChI=1S/C24H17ClF3N3O4S/c1-11(24(26,27)28)30-9-16(31-19(22(30)34)20(32)21(33)29-23(31)35)18-12-6-4-7-15(25)14(12)10-36-17-8-3-2-5-13(17)18/h2-3,5,7-8,11,16,18,32H,9-10H2,1H3,(H,29,33,35)/t11-,16?,18?/m1/s1. The first-order valence-corrected chi connectivity index (χ1v) is 12.1. The number of H-pyrrole nitrogens is 1. The van der Waals surface area contributed by atoms with E-state index in [1.807, 2.05) is 17.1 Å². The molecule has 0 saturated heterocycles. The monoisotopic (exact) mass is 535 g/mol. The summed E-state index contributed by atoms with van der Waals surface area (Å²) in [6, 6.07) is 11.2. The number of aromatic nitrogens is 2. The van der Waals surface area contributed by atoms with E-state index in [4.69, 9.17) is 11.6 Å². The Kier molecular flexibility index (Phi) is 5.84. The summed E-state index contributed by atoms with van der Waals surface area (Å²) in [4.78, 5) is 41.7. The van der Waals surface area contributed by atoms with Crippen molar-refractivity contribution < 1.29 is 23.1 Å². The zero-order chi connectivity index (χ0) is 25.9. The van der Waals surface area contributed by atoms with Crippen molar-refractivity contribution in [2.75, 3.05) is 6.54 Å². The van der Waals surface area contributed by atoms with E-state index in [0.29, 0.717) is 32.4 Å². The third-order valence-corrected chi connectivity index (χ3v) is 8.03. The van der Waals surface area contributed by atoms with Crippen LogP contribution in [-0.2, 0) is 5.75 Å². The van der Waals surface area contributed by atoms with E-state index in [0.717, 1.165) is 16.4 Å². The summed E-state index contributed by atoms with van der Waals surface area (Å²) in [5.41, 5.74) is -1.24. The number of nitrogens with zero attached hydrogens (tertiary/aromatic N) is 2. The first-order valence-electron chi connectivity index (χ1n) is 10.8. The van der Waals surface area contributed by atoms with Crippen LogP contribution in [0.15, 0.2) is 44.8 Å². The molecule has 0 fully saturated rings. The number of halogens is 4. The molecular formula is C24H17ClF3N3O4S. The Morgan fingerprint density at radius 2 is 1.97 bits per heavy atom. The fraction of sp³-hybridized carbons (Fsp3) is 0.292. The zero-order valence-electron chi connectivity index (χ0n) is 18.5. The van der Waals surface area contributed by atoms with Crippen LogP contribution in [0.25, 0.3) is 0 Å². The van der Waals surface area contributed by atoms with Crippen LogP contribution in [0.4, 0.5) is 13.2 Å². The van der Waals surface area contributed by atoms with E-state index >= 15 is 0 Å². The summed E-state index contributed by atoms with van der Waals surface area (Å²) in [6.07, 6.45) is -4.79. The molecule has 1 aromatic heterocycles. The lowest BCUT2D eigenvalue weighted by atomic mass is 9.82. The molecule has 3 aromatic rings. The Morgan fingerprint density at radius 3 is 2.69 bits per heavy atom. The summed E-state index contributed by atoms with van der Waals surface area (Å²) in [5.74, 6) is -2.77. The van der Waals surface area contributed by atoms with Crippen molar-refractivity contribution in [2.24, 2.45) is 0 Å². The van der Waals surface area contributed by atoms with E-state index in [1.54, 1.807) is 12.1 Å². The molecule has 1 amide bonds. The molecule has 3 atom stereocenters. The minimum atomic E-state index is -4.79. The summed E-state index contributed by atoms with van der Waals surface area (Å²) < 4.78 is 42.2. The minimum Gasteiger partial charge on any atom is -0.501 e. The Bertz CT molecular complexity index is 1500. The van der Waals surface area contributed by atoms with E-state index in [9.17, 15) is 32.7 Å². The van der Waals surface area contributed by atoms with Gasteiger partial charge in [-0.1, -0.05) is 41.9 Å². The Labute approximate surface area is 211 Å². The Hall–Kier alpha value is -3.36. The number of benzene rings is 1. The molecule has 2 aliphatic heterocycles. The number of alkyl halides is 3. The lowest BCUT2D eigenvalue weighted by Crippen LogP contribution is -2.56. The van der Waals surface area contributed by atoms with E-state index < -0.39 is 59.3 Å². The van der Waals surface area contributed by atoms with E-state index in [1.165, 1.54) is 17.8 Å². The molecule has 0 aliphatic carbocycles. The van der Waals surface area contributed by atoms with Crippen molar-refractivity contribution in [3.63, 3.8) is 0 Å². The van der Waals surface area contributed by atoms with Crippen molar-refractivity contribution in [1.29, 1.82) is 0 Å². The van der Waals surface area contributed by atoms with Gasteiger partial charge in [0.15, 0.2) is 5.69 Å². The molecule has 36 heavy (non-hydrogen) atoms. The molecule has 2 N–H and O–H groups in total. The highest BCUT2D eigenvalue weighted by Gasteiger charge is 2.49. The number of carbonyl (C=O) groups is 1. The van der Waals surface area contributed by atoms with Gasteiger partial charge in [0.05, 0.1) is 11.1 Å². The third kappa shape index (κ3) is 3.76. The molecule has 186 valence electrons. The van der Waals surface area contributed by atoms with E-state index in [2.05, 4.69) is 12.1 Å². The Balaban J connectivity index is 1.83. The number of aromatic hydroxyl groups is 1. The number of amides is 1. The number of thioether (sulfide) groups is 1. The molecule has 2 aromatic carbocycles. The van der Waals surface area contributed by atoms with Crippen LogP contribution in [0.5, 0.6) is 5.75 Å². The van der Waals surface area contributed by atoms with Gasteiger partial charge in [0.1, 0.15) is 6.04 Å². The fourth-order valence-electron chi connectivity index (χ4n) is 4.78. The lowest BCUT2D eigenvalue weighted by Gasteiger charge is -2.42. The van der Waals surface area contributed by atoms with Gasteiger partial charge in [0.2, 0.25) is 5.75 Å². The second-order valence-electron chi connectivity index (χ2n) is 8.53. The first kappa shape index (κ1) is 24.3. The van der Waals surface area contributed by atoms with Gasteiger partial charge < -0.3 is 10.0 Å². The van der Waals surface area contributed by atoms with Gasteiger partial charge in [-0.3, -0.25) is 19.1 Å². The molecule has 2 aliphatic rings. The third-order valence-electron chi connectivity index (χ3n) is 6.58. The van der Waals surface area contributed by atoms with Crippen molar-refractivity contribution in [2.45, 2.75) is 41.7 Å². The van der Waals surface area contributed by atoms with Crippen LogP contribution >= 0.6 is 23.4 Å². The molecule has 0 saturated carbocycles. The topological polar surface area (TPSA) is 95.4 Å². The smallest absolute Gasteiger partial charge is 0.408 e. The SMILES string of the molecule is C[C@@H](N1CC(C2c3c#ccc(Cl)c3CSc3ccccc32)n2c(c(O)c(=O)[nH]c2=O)C1=O)C(F)(F)F. The molecule has 0 bridgehead atoms. The summed E-state index contributed by atoms with van der Waals surface area (Å²) in [7, 11) is 0. The number of fused-ring (bicyclic) bond motifs is 3. The molecule has 0 radical (unpaired) electrons. The average Bonchev–Trinajstić information content (AvgIpc) is 2.99. The Morgan fingerprint density at radius 1 is 1.25 bits per heavy atom. The number of aromatic amines is 1. The van der Waals surface area contributed by atoms with Crippen molar-refractivity contribution >= 4 is 29.3 Å². The van der Waals surface area contributed by atoms with Crippen molar-refractivity contribution in [3.05, 3.63) is 90.7 Å². The highest BCUT2D eigenvalue weighted by molar-refractivity contribution is 7.98. The molecule has 2 unspecified atom stereocenters. The maximum absolute atomic E-state index is 13.8. The number of carbonyl (C=O) groups excluding carboxylic acids is 1. The van der Waals surface area contributed by atoms with Crippen LogP contribution in [0.1, 0.15) is 46.1 Å². The summed E-state index contributed by atoms with van der Waals surface area (Å²) >= 11 is 7.93. The molecule has 12 heteroatoms. The molecule has 0 spiro atoms. The lowest BCUT2D eigenvalue weighted by molar-refractivity contribution is -0.174. The number of nitrogens with one attached hydrogen (secondary N) is 1. The molecule has 7 nitrogen and oxygen atoms in total. The number of hydrogen-bond donors (Lipinski definition) is 2. The number of hydrogen-bond acceptors (Lipinski definition) is 5. The fourth-order valence-corrected chi connectivity index (χ4v) is 6.23. The highest BCUT2D eigenvalue weighted by atomic mass is 35.5. The molecule has 3 heterocycles. The predicted molar refractivity (Wildman–Crippen MR) is 126 cm³/mol. The quantitative estimate of drug-likeness (QED) is 0.519. The van der Waals surface area contributed by atoms with Gasteiger partial charge >= 0.3 is 11.9 Å². The van der Waals surface area contributed by atoms with Gasteiger partial charge in [-0.05, 0) is 24.1 Å². The summed E-state index contributed by atoms with van der Waals surface area (Å²) in [5, 5.41) is 10.8. The van der Waals surface area contributed by atoms with Gasteiger partial charge in [-0.25, -0.2) is 4.79 Å². The maximum atomic E-state index is 13.8.